The Morgan fingerprint density at radius 1 is 1.19 bits per heavy atom. The van der Waals surface area contributed by atoms with E-state index in [4.69, 9.17) is 23.2 Å². The topological polar surface area (TPSA) is 37.8 Å². The summed E-state index contributed by atoms with van der Waals surface area (Å²) in [6, 6.07) is 5.71. The van der Waals surface area contributed by atoms with Gasteiger partial charge in [0.1, 0.15) is 5.15 Å². The molecule has 0 atom stereocenters. The summed E-state index contributed by atoms with van der Waals surface area (Å²) < 4.78 is 0. The maximum absolute atomic E-state index is 6.04. The van der Waals surface area contributed by atoms with Gasteiger partial charge in [-0.1, -0.05) is 29.3 Å². The minimum atomic E-state index is 0.341. The molecular weight excluding hydrogens is 245 g/mol. The highest BCUT2D eigenvalue weighted by molar-refractivity contribution is 6.33. The van der Waals surface area contributed by atoms with Gasteiger partial charge in [-0.2, -0.15) is 0 Å². The summed E-state index contributed by atoms with van der Waals surface area (Å²) in [7, 11) is 0. The van der Waals surface area contributed by atoms with Crippen LogP contribution in [0.4, 0.5) is 11.5 Å². The average Bonchev–Trinajstić information content (AvgIpc) is 2.24. The molecule has 3 nitrogen and oxygen atoms in total. The van der Waals surface area contributed by atoms with E-state index in [1.807, 2.05) is 25.1 Å². The van der Waals surface area contributed by atoms with Crippen molar-refractivity contribution >= 4 is 34.7 Å². The number of anilines is 2. The minimum absolute atomic E-state index is 0.341. The van der Waals surface area contributed by atoms with Gasteiger partial charge in [0, 0.05) is 0 Å². The van der Waals surface area contributed by atoms with Crippen LogP contribution in [0.2, 0.25) is 10.2 Å². The Balaban J connectivity index is 2.30. The lowest BCUT2D eigenvalue weighted by Gasteiger charge is -2.08. The van der Waals surface area contributed by atoms with Crippen molar-refractivity contribution in [2.75, 3.05) is 5.32 Å². The van der Waals surface area contributed by atoms with Crippen LogP contribution in [0.5, 0.6) is 0 Å². The van der Waals surface area contributed by atoms with Crippen LogP contribution in [0.3, 0.4) is 0 Å². The van der Waals surface area contributed by atoms with E-state index in [-0.39, 0.29) is 0 Å². The molecule has 0 aliphatic rings. The number of nitrogens with one attached hydrogen (secondary N) is 1. The van der Waals surface area contributed by atoms with Gasteiger partial charge in [0.25, 0.3) is 0 Å². The van der Waals surface area contributed by atoms with Gasteiger partial charge in [-0.3, -0.25) is 4.98 Å². The highest BCUT2D eigenvalue weighted by atomic mass is 35.5. The van der Waals surface area contributed by atoms with E-state index < -0.39 is 0 Å². The highest BCUT2D eigenvalue weighted by Gasteiger charge is 2.02. The third-order valence-electron chi connectivity index (χ3n) is 1.99. The molecule has 0 amide bonds. The van der Waals surface area contributed by atoms with Crippen LogP contribution in [-0.2, 0) is 0 Å². The number of benzene rings is 1. The fourth-order valence-corrected chi connectivity index (χ4v) is 1.59. The van der Waals surface area contributed by atoms with E-state index in [9.17, 15) is 0 Å². The predicted octanol–water partition coefficient (Wildman–Crippen LogP) is 3.84. The number of aryl methyl sites for hydroxylation is 1. The highest BCUT2D eigenvalue weighted by Crippen LogP contribution is 2.25. The maximum atomic E-state index is 6.04. The quantitative estimate of drug-likeness (QED) is 0.884. The molecule has 1 N–H and O–H groups in total. The van der Waals surface area contributed by atoms with Gasteiger partial charge in [-0.25, -0.2) is 4.98 Å². The van der Waals surface area contributed by atoms with Crippen LogP contribution < -0.4 is 5.32 Å². The SMILES string of the molecule is Cc1ccc(Cl)c(Nc2cncc(Cl)n2)c1. The molecule has 2 aromatic rings. The molecule has 16 heavy (non-hydrogen) atoms. The van der Waals surface area contributed by atoms with Crippen molar-refractivity contribution < 1.29 is 0 Å². The first-order valence-electron chi connectivity index (χ1n) is 4.66. The Morgan fingerprint density at radius 3 is 2.75 bits per heavy atom. The molecule has 2 rings (SSSR count). The van der Waals surface area contributed by atoms with Crippen molar-refractivity contribution in [2.24, 2.45) is 0 Å². The molecule has 1 heterocycles. The summed E-state index contributed by atoms with van der Waals surface area (Å²) in [6.07, 6.45) is 3.06. The van der Waals surface area contributed by atoms with Crippen LogP contribution in [0.15, 0.2) is 30.6 Å². The first-order chi connectivity index (χ1) is 7.65. The van der Waals surface area contributed by atoms with Gasteiger partial charge in [0.2, 0.25) is 0 Å². The van der Waals surface area contributed by atoms with E-state index in [0.717, 1.165) is 11.3 Å². The summed E-state index contributed by atoms with van der Waals surface area (Å²) >= 11 is 11.8. The van der Waals surface area contributed by atoms with Crippen molar-refractivity contribution in [1.29, 1.82) is 0 Å². The number of rotatable bonds is 2. The van der Waals surface area contributed by atoms with Gasteiger partial charge in [-0.15, -0.1) is 0 Å². The fraction of sp³-hybridized carbons (Fsp3) is 0.0909. The Kier molecular flexibility index (Phi) is 3.27. The van der Waals surface area contributed by atoms with Crippen LogP contribution in [-0.4, -0.2) is 9.97 Å². The molecule has 0 saturated heterocycles. The molecule has 82 valence electrons. The Labute approximate surface area is 103 Å². The first-order valence-corrected chi connectivity index (χ1v) is 5.41. The minimum Gasteiger partial charge on any atom is -0.338 e. The molecule has 0 radical (unpaired) electrons. The zero-order valence-electron chi connectivity index (χ0n) is 8.54. The summed E-state index contributed by atoms with van der Waals surface area (Å²) in [4.78, 5) is 8.00. The zero-order valence-corrected chi connectivity index (χ0v) is 10.0. The number of hydrogen-bond acceptors (Lipinski definition) is 3. The van der Waals surface area contributed by atoms with E-state index in [1.165, 1.54) is 6.20 Å². The van der Waals surface area contributed by atoms with Crippen molar-refractivity contribution in [3.63, 3.8) is 0 Å². The fourth-order valence-electron chi connectivity index (χ4n) is 1.28. The van der Waals surface area contributed by atoms with Gasteiger partial charge in [0.15, 0.2) is 5.82 Å². The molecule has 1 aromatic carbocycles. The molecule has 5 heteroatoms. The van der Waals surface area contributed by atoms with Crippen LogP contribution >= 0.6 is 23.2 Å². The summed E-state index contributed by atoms with van der Waals surface area (Å²) in [5, 5.41) is 4.04. The zero-order chi connectivity index (χ0) is 11.5. The molecule has 0 fully saturated rings. The number of halogens is 2. The molecule has 0 aliphatic heterocycles. The Morgan fingerprint density at radius 2 is 2.00 bits per heavy atom. The summed E-state index contributed by atoms with van der Waals surface area (Å²) in [5.41, 5.74) is 1.90. The normalized spacial score (nSPS) is 10.2. The van der Waals surface area contributed by atoms with Gasteiger partial charge in [0.05, 0.1) is 23.1 Å². The van der Waals surface area contributed by atoms with Gasteiger partial charge >= 0.3 is 0 Å². The van der Waals surface area contributed by atoms with E-state index in [0.29, 0.717) is 16.0 Å². The second-order valence-electron chi connectivity index (χ2n) is 3.34. The van der Waals surface area contributed by atoms with Crippen LogP contribution in [0.1, 0.15) is 5.56 Å². The monoisotopic (exact) mass is 253 g/mol. The summed E-state index contributed by atoms with van der Waals surface area (Å²) in [5.74, 6) is 0.569. The lowest BCUT2D eigenvalue weighted by Crippen LogP contribution is -1.95. The molecular formula is C11H9Cl2N3. The smallest absolute Gasteiger partial charge is 0.150 e. The van der Waals surface area contributed by atoms with Gasteiger partial charge in [-0.05, 0) is 24.6 Å². The third kappa shape index (κ3) is 2.62. The van der Waals surface area contributed by atoms with Crippen LogP contribution in [0.25, 0.3) is 0 Å². The molecule has 0 aliphatic carbocycles. The molecule has 0 bridgehead atoms. The van der Waals surface area contributed by atoms with Gasteiger partial charge < -0.3 is 5.32 Å². The van der Waals surface area contributed by atoms with Crippen molar-refractivity contribution in [3.05, 3.63) is 46.3 Å². The molecule has 0 unspecified atom stereocenters. The second-order valence-corrected chi connectivity index (χ2v) is 4.13. The van der Waals surface area contributed by atoms with E-state index in [2.05, 4.69) is 15.3 Å². The van der Waals surface area contributed by atoms with Crippen molar-refractivity contribution in [2.45, 2.75) is 6.92 Å². The Bertz CT molecular complexity index is 514. The number of hydrogen-bond donors (Lipinski definition) is 1. The molecule has 1 aromatic heterocycles. The Hall–Kier alpha value is -1.32. The largest absolute Gasteiger partial charge is 0.338 e. The molecule has 0 spiro atoms. The maximum Gasteiger partial charge on any atom is 0.150 e. The van der Waals surface area contributed by atoms with E-state index >= 15 is 0 Å². The molecule has 0 saturated carbocycles. The van der Waals surface area contributed by atoms with Crippen LogP contribution in [0, 0.1) is 6.92 Å². The standard InChI is InChI=1S/C11H9Cl2N3/c1-7-2-3-8(12)9(4-7)15-11-6-14-5-10(13)16-11/h2-6H,1H3,(H,15,16). The average molecular weight is 254 g/mol. The van der Waals surface area contributed by atoms with E-state index in [1.54, 1.807) is 6.20 Å². The number of aromatic nitrogens is 2. The van der Waals surface area contributed by atoms with Crippen molar-refractivity contribution in [3.8, 4) is 0 Å². The predicted molar refractivity (Wildman–Crippen MR) is 66.5 cm³/mol. The first kappa shape index (κ1) is 11.2. The second kappa shape index (κ2) is 4.68. The van der Waals surface area contributed by atoms with Crippen molar-refractivity contribution in [1.82, 2.24) is 9.97 Å². The number of nitrogens with zero attached hydrogens (tertiary/aromatic N) is 2. The lowest BCUT2D eigenvalue weighted by atomic mass is 10.2. The lowest BCUT2D eigenvalue weighted by molar-refractivity contribution is 1.20. The third-order valence-corrected chi connectivity index (χ3v) is 2.50. The summed E-state index contributed by atoms with van der Waals surface area (Å²) in [6.45, 7) is 1.99.